The number of carbonyl (C=O) groups is 1. The van der Waals surface area contributed by atoms with Gasteiger partial charge in [0.2, 0.25) is 0 Å². The Balaban J connectivity index is 2.79. The van der Waals surface area contributed by atoms with E-state index in [4.69, 9.17) is 23.2 Å². The van der Waals surface area contributed by atoms with Crippen molar-refractivity contribution in [1.29, 1.82) is 0 Å². The highest BCUT2D eigenvalue weighted by Gasteiger charge is 2.44. The highest BCUT2D eigenvalue weighted by atomic mass is 35.5. The summed E-state index contributed by atoms with van der Waals surface area (Å²) in [6.07, 6.45) is 1.24. The molecular formula is C10H14Cl2O. The molecule has 3 atom stereocenters. The van der Waals surface area contributed by atoms with E-state index in [0.717, 1.165) is 12.0 Å². The minimum Gasteiger partial charge on any atom is -0.298 e. The maximum atomic E-state index is 11.6. The van der Waals surface area contributed by atoms with Gasteiger partial charge in [-0.15, -0.1) is 23.2 Å². The van der Waals surface area contributed by atoms with Crippen LogP contribution in [0.5, 0.6) is 0 Å². The molecule has 1 saturated carbocycles. The topological polar surface area (TPSA) is 17.1 Å². The number of Topliss-reactive ketones (excluding diaryl/α,β-unsaturated/α-hetero) is 1. The molecule has 1 rings (SSSR count). The Hall–Kier alpha value is -0.0100. The van der Waals surface area contributed by atoms with Crippen LogP contribution in [-0.4, -0.2) is 16.0 Å². The number of hydrogen-bond acceptors (Lipinski definition) is 1. The van der Waals surface area contributed by atoms with Crippen LogP contribution >= 0.6 is 23.2 Å². The summed E-state index contributed by atoms with van der Waals surface area (Å²) in [6, 6.07) is 0. The lowest BCUT2D eigenvalue weighted by Crippen LogP contribution is -2.45. The summed E-state index contributed by atoms with van der Waals surface area (Å²) >= 11 is 12.1. The van der Waals surface area contributed by atoms with Crippen molar-refractivity contribution in [3.8, 4) is 0 Å². The molecule has 0 radical (unpaired) electrons. The molecule has 1 aliphatic carbocycles. The zero-order valence-corrected chi connectivity index (χ0v) is 9.45. The third kappa shape index (κ3) is 2.08. The molecule has 0 aromatic heterocycles. The zero-order chi connectivity index (χ0) is 10.2. The van der Waals surface area contributed by atoms with Crippen molar-refractivity contribution in [2.75, 3.05) is 0 Å². The summed E-state index contributed by atoms with van der Waals surface area (Å²) in [7, 11) is 0. The summed E-state index contributed by atoms with van der Waals surface area (Å²) in [6.45, 7) is 7.47. The fraction of sp³-hybridized carbons (Fsp3) is 0.700. The van der Waals surface area contributed by atoms with Crippen LogP contribution in [0.2, 0.25) is 0 Å². The molecule has 3 heteroatoms. The summed E-state index contributed by atoms with van der Waals surface area (Å²) in [5.74, 6) is 0.246. The third-order valence-corrected chi connectivity index (χ3v) is 3.95. The molecule has 3 unspecified atom stereocenters. The van der Waals surface area contributed by atoms with Crippen LogP contribution in [0.15, 0.2) is 12.2 Å². The van der Waals surface area contributed by atoms with Crippen molar-refractivity contribution in [2.24, 2.45) is 5.92 Å². The molecule has 0 aliphatic heterocycles. The molecule has 74 valence electrons. The van der Waals surface area contributed by atoms with Crippen molar-refractivity contribution in [1.82, 2.24) is 0 Å². The average Bonchev–Trinajstić information content (AvgIpc) is 2.00. The van der Waals surface area contributed by atoms with Gasteiger partial charge in [0.15, 0.2) is 5.78 Å². The van der Waals surface area contributed by atoms with Crippen LogP contribution in [0.4, 0.5) is 0 Å². The molecule has 0 aromatic rings. The van der Waals surface area contributed by atoms with Gasteiger partial charge in [-0.1, -0.05) is 12.2 Å². The number of halogens is 2. The first kappa shape index (κ1) is 11.1. The molecule has 0 saturated heterocycles. The molecule has 0 bridgehead atoms. The predicted octanol–water partition coefficient (Wildman–Crippen LogP) is 3.15. The van der Waals surface area contributed by atoms with Crippen LogP contribution < -0.4 is 0 Å². The maximum Gasteiger partial charge on any atom is 0.155 e. The molecule has 1 nitrogen and oxygen atoms in total. The molecule has 0 heterocycles. The first-order valence-electron chi connectivity index (χ1n) is 4.37. The number of ketones is 1. The first-order chi connectivity index (χ1) is 5.85. The normalized spacial score (nSPS) is 40.5. The van der Waals surface area contributed by atoms with E-state index < -0.39 is 4.87 Å². The van der Waals surface area contributed by atoms with Gasteiger partial charge in [0.25, 0.3) is 0 Å². The van der Waals surface area contributed by atoms with Crippen molar-refractivity contribution in [3.63, 3.8) is 0 Å². The molecule has 13 heavy (non-hydrogen) atoms. The van der Waals surface area contributed by atoms with Crippen LogP contribution in [-0.2, 0) is 4.79 Å². The lowest BCUT2D eigenvalue weighted by Gasteiger charge is -2.35. The number of alkyl halides is 2. The van der Waals surface area contributed by atoms with Gasteiger partial charge in [-0.25, -0.2) is 0 Å². The van der Waals surface area contributed by atoms with E-state index in [2.05, 4.69) is 6.58 Å². The Labute approximate surface area is 89.1 Å². The van der Waals surface area contributed by atoms with Gasteiger partial charge in [0, 0.05) is 6.42 Å². The smallest absolute Gasteiger partial charge is 0.155 e. The van der Waals surface area contributed by atoms with Crippen LogP contribution in [0.25, 0.3) is 0 Å². The van der Waals surface area contributed by atoms with Gasteiger partial charge in [0.1, 0.15) is 4.87 Å². The quantitative estimate of drug-likeness (QED) is 0.491. The minimum absolute atomic E-state index is 0.0356. The van der Waals surface area contributed by atoms with E-state index in [1.807, 2.05) is 6.92 Å². The Morgan fingerprint density at radius 1 is 1.69 bits per heavy atom. The van der Waals surface area contributed by atoms with Gasteiger partial charge in [-0.3, -0.25) is 4.79 Å². The number of carbonyl (C=O) groups excluding carboxylic acids is 1. The van der Waals surface area contributed by atoms with Crippen LogP contribution in [0.3, 0.4) is 0 Å². The molecule has 0 N–H and O–H groups in total. The summed E-state index contributed by atoms with van der Waals surface area (Å²) < 4.78 is 0. The molecule has 0 amide bonds. The second kappa shape index (κ2) is 3.62. The fourth-order valence-corrected chi connectivity index (χ4v) is 2.03. The first-order valence-corrected chi connectivity index (χ1v) is 5.18. The van der Waals surface area contributed by atoms with E-state index in [9.17, 15) is 4.79 Å². The van der Waals surface area contributed by atoms with Gasteiger partial charge in [0.05, 0.1) is 5.38 Å². The van der Waals surface area contributed by atoms with Gasteiger partial charge >= 0.3 is 0 Å². The zero-order valence-electron chi connectivity index (χ0n) is 7.94. The summed E-state index contributed by atoms with van der Waals surface area (Å²) in [5.41, 5.74) is 1.02. The lowest BCUT2D eigenvalue weighted by molar-refractivity contribution is -0.123. The van der Waals surface area contributed by atoms with Gasteiger partial charge in [-0.05, 0) is 26.2 Å². The number of hydrogen-bond donors (Lipinski definition) is 0. The Morgan fingerprint density at radius 3 is 2.62 bits per heavy atom. The van der Waals surface area contributed by atoms with Gasteiger partial charge in [-0.2, -0.15) is 0 Å². The van der Waals surface area contributed by atoms with Crippen molar-refractivity contribution >= 4 is 29.0 Å². The second-order valence-electron chi connectivity index (χ2n) is 3.95. The summed E-state index contributed by atoms with van der Waals surface area (Å²) in [5, 5.41) is -0.280. The Kier molecular flexibility index (Phi) is 3.09. The second-order valence-corrected chi connectivity index (χ2v) is 5.26. The largest absolute Gasteiger partial charge is 0.298 e. The van der Waals surface area contributed by atoms with Crippen LogP contribution in [0, 0.1) is 5.92 Å². The van der Waals surface area contributed by atoms with E-state index in [-0.39, 0.29) is 17.1 Å². The van der Waals surface area contributed by atoms with Crippen molar-refractivity contribution < 1.29 is 4.79 Å². The lowest BCUT2D eigenvalue weighted by atomic mass is 9.78. The molecule has 1 fully saturated rings. The molecule has 0 spiro atoms. The molecule has 1 aliphatic rings. The molecule has 0 aromatic carbocycles. The van der Waals surface area contributed by atoms with E-state index >= 15 is 0 Å². The van der Waals surface area contributed by atoms with E-state index in [1.54, 1.807) is 6.92 Å². The Morgan fingerprint density at radius 2 is 2.23 bits per heavy atom. The highest BCUT2D eigenvalue weighted by Crippen LogP contribution is 2.39. The maximum absolute atomic E-state index is 11.6. The number of allylic oxidation sites excluding steroid dienone is 1. The van der Waals surface area contributed by atoms with Crippen molar-refractivity contribution in [2.45, 2.75) is 36.9 Å². The van der Waals surface area contributed by atoms with Crippen molar-refractivity contribution in [3.05, 3.63) is 12.2 Å². The highest BCUT2D eigenvalue weighted by molar-refractivity contribution is 6.41. The molecular weight excluding hydrogens is 207 g/mol. The van der Waals surface area contributed by atoms with E-state index in [1.165, 1.54) is 0 Å². The standard InChI is InChI=1S/C10H14Cl2O/c1-6(2)7-4-8(11)10(3,12)9(13)5-7/h7-8H,1,4-5H2,2-3H3. The SMILES string of the molecule is C=C(C)C1CC(=O)C(C)(Cl)C(Cl)C1. The minimum atomic E-state index is -0.881. The summed E-state index contributed by atoms with van der Waals surface area (Å²) in [4.78, 5) is 10.7. The van der Waals surface area contributed by atoms with Gasteiger partial charge < -0.3 is 0 Å². The van der Waals surface area contributed by atoms with E-state index in [0.29, 0.717) is 6.42 Å². The average molecular weight is 221 g/mol. The fourth-order valence-electron chi connectivity index (χ4n) is 1.53. The Bertz CT molecular complexity index is 245. The number of rotatable bonds is 1. The van der Waals surface area contributed by atoms with Crippen LogP contribution in [0.1, 0.15) is 26.7 Å². The monoisotopic (exact) mass is 220 g/mol. The predicted molar refractivity (Wildman–Crippen MR) is 56.4 cm³/mol. The third-order valence-electron chi connectivity index (χ3n) is 2.75.